The maximum absolute atomic E-state index is 13.2. The molecule has 0 unspecified atom stereocenters. The van der Waals surface area contributed by atoms with Gasteiger partial charge in [-0.15, -0.1) is 0 Å². The number of methoxy groups -OCH3 is 2. The molecule has 11 heteroatoms. The van der Waals surface area contributed by atoms with Crippen molar-refractivity contribution < 1.29 is 19.0 Å². The molecule has 2 aromatic carbocycles. The number of hydrogen-bond donors (Lipinski definition) is 2. The Morgan fingerprint density at radius 2 is 1.88 bits per heavy atom. The number of fused-ring (bicyclic) bond motifs is 1. The molecule has 0 saturated carbocycles. The van der Waals surface area contributed by atoms with Crippen molar-refractivity contribution in [2.24, 2.45) is 0 Å². The van der Waals surface area contributed by atoms with Crippen LogP contribution in [0, 0.1) is 0 Å². The summed E-state index contributed by atoms with van der Waals surface area (Å²) in [5.74, 6) is 1.50. The average Bonchev–Trinajstić information content (AvgIpc) is 3.33. The van der Waals surface area contributed by atoms with Gasteiger partial charge < -0.3 is 19.5 Å². The highest BCUT2D eigenvalue weighted by Gasteiger charge is 2.17. The van der Waals surface area contributed by atoms with E-state index < -0.39 is 0 Å². The van der Waals surface area contributed by atoms with Crippen molar-refractivity contribution in [3.63, 3.8) is 0 Å². The lowest BCUT2D eigenvalue weighted by molar-refractivity contribution is -0.113. The Morgan fingerprint density at radius 3 is 2.59 bits per heavy atom. The van der Waals surface area contributed by atoms with Crippen LogP contribution in [0.2, 0.25) is 0 Å². The number of amides is 1. The zero-order valence-electron chi connectivity index (χ0n) is 18.8. The van der Waals surface area contributed by atoms with Crippen LogP contribution >= 0.6 is 11.8 Å². The number of H-pyrrole nitrogens is 1. The number of aromatic amines is 1. The Labute approximate surface area is 199 Å². The largest absolute Gasteiger partial charge is 0.497 e. The summed E-state index contributed by atoms with van der Waals surface area (Å²) in [5, 5.41) is 10.2. The number of carbonyl (C=O) groups is 1. The van der Waals surface area contributed by atoms with Crippen LogP contribution in [0.4, 0.5) is 5.69 Å². The number of nitrogens with zero attached hydrogens (tertiary/aromatic N) is 3. The molecule has 10 nitrogen and oxygen atoms in total. The van der Waals surface area contributed by atoms with E-state index in [0.717, 1.165) is 11.8 Å². The molecule has 1 amide bonds. The van der Waals surface area contributed by atoms with E-state index in [1.165, 1.54) is 17.9 Å². The fraction of sp³-hybridized carbons (Fsp3) is 0.217. The van der Waals surface area contributed by atoms with Gasteiger partial charge in [0.05, 0.1) is 44.2 Å². The van der Waals surface area contributed by atoms with Gasteiger partial charge >= 0.3 is 0 Å². The first-order valence-corrected chi connectivity index (χ1v) is 11.4. The molecule has 176 valence electrons. The van der Waals surface area contributed by atoms with Crippen LogP contribution in [-0.2, 0) is 4.79 Å². The van der Waals surface area contributed by atoms with E-state index in [-0.39, 0.29) is 17.2 Å². The van der Waals surface area contributed by atoms with Crippen molar-refractivity contribution in [2.45, 2.75) is 12.1 Å². The predicted molar refractivity (Wildman–Crippen MR) is 130 cm³/mol. The molecule has 0 bridgehead atoms. The summed E-state index contributed by atoms with van der Waals surface area (Å²) >= 11 is 1.13. The summed E-state index contributed by atoms with van der Waals surface area (Å²) in [6.45, 7) is 2.44. The standard InChI is InChI=1S/C23H23N5O5S/c1-4-33-15-7-5-14(6-8-15)28-22(30)17-12-24-27-21(17)26-23(28)34-13-20(29)25-18-10-9-16(31-2)11-19(18)32-3/h5-12H,4,13H2,1-3H3,(H,24,27)(H,25,29). The number of rotatable bonds is 9. The second kappa shape index (κ2) is 10.3. The number of ether oxygens (including phenoxy) is 3. The SMILES string of the molecule is CCOc1ccc(-n2c(SCC(=O)Nc3ccc(OC)cc3OC)nc3[nH]ncc3c2=O)cc1. The summed E-state index contributed by atoms with van der Waals surface area (Å²) in [6.07, 6.45) is 1.44. The van der Waals surface area contributed by atoms with Gasteiger partial charge in [-0.25, -0.2) is 4.98 Å². The maximum atomic E-state index is 13.2. The van der Waals surface area contributed by atoms with Gasteiger partial charge in [0, 0.05) is 6.07 Å². The molecule has 0 radical (unpaired) electrons. The molecule has 0 spiro atoms. The smallest absolute Gasteiger partial charge is 0.269 e. The third-order valence-corrected chi connectivity index (χ3v) is 5.81. The van der Waals surface area contributed by atoms with E-state index in [0.29, 0.717) is 51.4 Å². The third-order valence-electron chi connectivity index (χ3n) is 4.87. The van der Waals surface area contributed by atoms with Crippen LogP contribution in [0.15, 0.2) is 58.6 Å². The Balaban J connectivity index is 1.60. The van der Waals surface area contributed by atoms with Crippen molar-refractivity contribution in [3.05, 3.63) is 59.0 Å². The Hall–Kier alpha value is -3.99. The first-order valence-electron chi connectivity index (χ1n) is 10.4. The summed E-state index contributed by atoms with van der Waals surface area (Å²) < 4.78 is 17.5. The lowest BCUT2D eigenvalue weighted by Crippen LogP contribution is -2.22. The van der Waals surface area contributed by atoms with Gasteiger partial charge in [0.15, 0.2) is 10.8 Å². The number of carbonyl (C=O) groups excluding carboxylic acids is 1. The van der Waals surface area contributed by atoms with E-state index in [2.05, 4.69) is 20.5 Å². The van der Waals surface area contributed by atoms with Crippen molar-refractivity contribution >= 4 is 34.4 Å². The molecular weight excluding hydrogens is 458 g/mol. The Morgan fingerprint density at radius 1 is 1.12 bits per heavy atom. The Kier molecular flexibility index (Phi) is 7.02. The molecule has 2 N–H and O–H groups in total. The minimum absolute atomic E-state index is 0.0122. The number of nitrogens with one attached hydrogen (secondary N) is 2. The summed E-state index contributed by atoms with van der Waals surface area (Å²) in [4.78, 5) is 30.4. The highest BCUT2D eigenvalue weighted by molar-refractivity contribution is 7.99. The molecule has 0 atom stereocenters. The zero-order chi connectivity index (χ0) is 24.1. The fourth-order valence-corrected chi connectivity index (χ4v) is 4.08. The van der Waals surface area contributed by atoms with E-state index in [1.54, 1.807) is 49.6 Å². The monoisotopic (exact) mass is 481 g/mol. The van der Waals surface area contributed by atoms with Crippen LogP contribution in [0.25, 0.3) is 16.7 Å². The molecular formula is C23H23N5O5S. The molecule has 34 heavy (non-hydrogen) atoms. The van der Waals surface area contributed by atoms with Crippen molar-refractivity contribution in [2.75, 3.05) is 31.9 Å². The first kappa shape index (κ1) is 23.2. The first-order chi connectivity index (χ1) is 16.5. The fourth-order valence-electron chi connectivity index (χ4n) is 3.27. The van der Waals surface area contributed by atoms with Crippen LogP contribution in [-0.4, -0.2) is 52.2 Å². The van der Waals surface area contributed by atoms with Crippen molar-refractivity contribution in [1.29, 1.82) is 0 Å². The van der Waals surface area contributed by atoms with Gasteiger partial charge in [-0.2, -0.15) is 5.10 Å². The molecule has 4 aromatic rings. The van der Waals surface area contributed by atoms with Crippen LogP contribution in [0.5, 0.6) is 17.2 Å². The highest BCUT2D eigenvalue weighted by Crippen LogP contribution is 2.29. The molecule has 0 aliphatic heterocycles. The van der Waals surface area contributed by atoms with Gasteiger partial charge in [-0.1, -0.05) is 11.8 Å². The molecule has 2 aromatic heterocycles. The normalized spacial score (nSPS) is 10.8. The summed E-state index contributed by atoms with van der Waals surface area (Å²) in [5.41, 5.74) is 1.17. The van der Waals surface area contributed by atoms with E-state index in [1.807, 2.05) is 6.92 Å². The predicted octanol–water partition coefficient (Wildman–Crippen LogP) is 3.26. The van der Waals surface area contributed by atoms with Gasteiger partial charge in [-0.05, 0) is 43.3 Å². The van der Waals surface area contributed by atoms with Crippen LogP contribution < -0.4 is 25.1 Å². The highest BCUT2D eigenvalue weighted by atomic mass is 32.2. The van der Waals surface area contributed by atoms with E-state index >= 15 is 0 Å². The minimum Gasteiger partial charge on any atom is -0.497 e. The minimum atomic E-state index is -0.289. The van der Waals surface area contributed by atoms with Crippen molar-refractivity contribution in [3.8, 4) is 22.9 Å². The molecule has 0 aliphatic carbocycles. The quantitative estimate of drug-likeness (QED) is 0.276. The lowest BCUT2D eigenvalue weighted by Gasteiger charge is -2.13. The van der Waals surface area contributed by atoms with Gasteiger partial charge in [0.25, 0.3) is 5.56 Å². The van der Waals surface area contributed by atoms with E-state index in [9.17, 15) is 9.59 Å². The summed E-state index contributed by atoms with van der Waals surface area (Å²) in [7, 11) is 3.06. The summed E-state index contributed by atoms with van der Waals surface area (Å²) in [6, 6.07) is 12.2. The van der Waals surface area contributed by atoms with E-state index in [4.69, 9.17) is 14.2 Å². The second-order valence-electron chi connectivity index (χ2n) is 7.00. The van der Waals surface area contributed by atoms with Crippen LogP contribution in [0.3, 0.4) is 0 Å². The van der Waals surface area contributed by atoms with Crippen LogP contribution in [0.1, 0.15) is 6.92 Å². The Bertz CT molecular complexity index is 1370. The molecule has 0 saturated heterocycles. The molecule has 4 rings (SSSR count). The van der Waals surface area contributed by atoms with Gasteiger partial charge in [0.1, 0.15) is 22.6 Å². The lowest BCUT2D eigenvalue weighted by atomic mass is 10.2. The molecule has 2 heterocycles. The maximum Gasteiger partial charge on any atom is 0.269 e. The topological polar surface area (TPSA) is 120 Å². The zero-order valence-corrected chi connectivity index (χ0v) is 19.6. The van der Waals surface area contributed by atoms with Gasteiger partial charge in [-0.3, -0.25) is 19.3 Å². The number of benzene rings is 2. The molecule has 0 aliphatic rings. The number of aromatic nitrogens is 4. The molecule has 0 fully saturated rings. The average molecular weight is 482 g/mol. The van der Waals surface area contributed by atoms with Gasteiger partial charge in [0.2, 0.25) is 5.91 Å². The van der Waals surface area contributed by atoms with Crippen molar-refractivity contribution in [1.82, 2.24) is 19.7 Å². The number of hydrogen-bond acceptors (Lipinski definition) is 8. The third kappa shape index (κ3) is 4.84. The number of thioether (sulfide) groups is 1. The second-order valence-corrected chi connectivity index (χ2v) is 7.94. The number of anilines is 1.